The Labute approximate surface area is 117 Å². The molecule has 0 aliphatic heterocycles. The largest absolute Gasteiger partial charge is 0.373 e. The maximum absolute atomic E-state index is 11.8. The van der Waals surface area contributed by atoms with Crippen LogP contribution in [-0.2, 0) is 4.74 Å². The van der Waals surface area contributed by atoms with Crippen LogP contribution in [0.4, 0.5) is 0 Å². The van der Waals surface area contributed by atoms with Crippen LogP contribution in [0.5, 0.6) is 0 Å². The van der Waals surface area contributed by atoms with E-state index in [1.165, 1.54) is 49.9 Å². The molecule has 0 saturated heterocycles. The number of hydrogen-bond donors (Lipinski definition) is 0. The summed E-state index contributed by atoms with van der Waals surface area (Å²) in [5.41, 5.74) is 0. The minimum absolute atomic E-state index is 0.0421. The smallest absolute Gasteiger partial charge is 0.198 e. The monoisotopic (exact) mass is 286 g/mol. The lowest BCUT2D eigenvalue weighted by Gasteiger charge is -2.13. The van der Waals surface area contributed by atoms with Crippen molar-refractivity contribution in [2.45, 2.75) is 38.5 Å². The molecule has 18 heavy (non-hydrogen) atoms. The van der Waals surface area contributed by atoms with Gasteiger partial charge in [0.15, 0.2) is 5.78 Å². The summed E-state index contributed by atoms with van der Waals surface area (Å²) in [6, 6.07) is 3.52. The molecule has 2 rings (SSSR count). The lowest BCUT2D eigenvalue weighted by molar-refractivity contribution is 0.0662. The quantitative estimate of drug-likeness (QED) is 0.585. The molecular weight excluding hydrogens is 268 g/mol. The van der Waals surface area contributed by atoms with Crippen LogP contribution in [0.3, 0.4) is 0 Å². The first kappa shape index (κ1) is 14.0. The number of thiophene rings is 1. The van der Waals surface area contributed by atoms with E-state index >= 15 is 0 Å². The maximum Gasteiger partial charge on any atom is 0.198 e. The molecule has 0 amide bonds. The van der Waals surface area contributed by atoms with Gasteiger partial charge in [-0.05, 0) is 30.9 Å². The molecule has 1 aliphatic rings. The minimum atomic E-state index is 0.0421. The fourth-order valence-corrected chi connectivity index (χ4v) is 3.35. The van der Waals surface area contributed by atoms with Gasteiger partial charge in [-0.25, -0.2) is 0 Å². The predicted molar refractivity (Wildman–Crippen MR) is 75.7 cm³/mol. The zero-order chi connectivity index (χ0) is 12.8. The molecule has 1 aromatic heterocycles. The molecule has 0 bridgehead atoms. The molecule has 0 spiro atoms. The summed E-state index contributed by atoms with van der Waals surface area (Å²) >= 11 is 7.12. The molecule has 1 heterocycles. The highest BCUT2D eigenvalue weighted by atomic mass is 35.5. The summed E-state index contributed by atoms with van der Waals surface area (Å²) in [6.45, 7) is 0.915. The normalized spacial score (nSPS) is 17.6. The average molecular weight is 287 g/mol. The van der Waals surface area contributed by atoms with Crippen molar-refractivity contribution in [3.05, 3.63) is 21.3 Å². The number of ketones is 1. The van der Waals surface area contributed by atoms with Crippen LogP contribution in [0.1, 0.15) is 48.2 Å². The van der Waals surface area contributed by atoms with Gasteiger partial charge < -0.3 is 4.74 Å². The van der Waals surface area contributed by atoms with Crippen molar-refractivity contribution < 1.29 is 9.53 Å². The number of carbonyl (C=O) groups excluding carboxylic acids is 1. The second-order valence-electron chi connectivity index (χ2n) is 4.90. The van der Waals surface area contributed by atoms with E-state index in [2.05, 4.69) is 0 Å². The number of halogens is 1. The molecule has 1 aromatic rings. The summed E-state index contributed by atoms with van der Waals surface area (Å²) in [5, 5.41) is 0. The zero-order valence-corrected chi connectivity index (χ0v) is 12.1. The first-order chi connectivity index (χ1) is 8.75. The molecule has 0 atom stereocenters. The van der Waals surface area contributed by atoms with E-state index in [1.54, 1.807) is 12.1 Å². The van der Waals surface area contributed by atoms with Crippen molar-refractivity contribution in [3.63, 3.8) is 0 Å². The van der Waals surface area contributed by atoms with Gasteiger partial charge in [-0.15, -0.1) is 11.3 Å². The highest BCUT2D eigenvalue weighted by Crippen LogP contribution is 2.24. The summed E-state index contributed by atoms with van der Waals surface area (Å²) < 4.78 is 6.22. The van der Waals surface area contributed by atoms with Crippen LogP contribution in [0, 0.1) is 5.92 Å². The minimum Gasteiger partial charge on any atom is -0.373 e. The molecule has 0 N–H and O–H groups in total. The van der Waals surface area contributed by atoms with Crippen molar-refractivity contribution in [3.8, 4) is 0 Å². The lowest BCUT2D eigenvalue weighted by Crippen LogP contribution is -2.14. The van der Waals surface area contributed by atoms with Gasteiger partial charge in [0.05, 0.1) is 15.8 Å². The van der Waals surface area contributed by atoms with Crippen molar-refractivity contribution in [2.24, 2.45) is 5.92 Å². The Morgan fingerprint density at radius 2 is 2.00 bits per heavy atom. The van der Waals surface area contributed by atoms with Gasteiger partial charge in [0.25, 0.3) is 0 Å². The molecule has 4 heteroatoms. The van der Waals surface area contributed by atoms with Crippen LogP contribution in [0.25, 0.3) is 0 Å². The Morgan fingerprint density at radius 3 is 2.61 bits per heavy atom. The highest BCUT2D eigenvalue weighted by Gasteiger charge is 2.14. The van der Waals surface area contributed by atoms with E-state index in [1.807, 2.05) is 0 Å². The van der Waals surface area contributed by atoms with E-state index < -0.39 is 0 Å². The Morgan fingerprint density at radius 1 is 1.28 bits per heavy atom. The lowest BCUT2D eigenvalue weighted by atomic mass is 10.0. The number of rotatable bonds is 5. The van der Waals surface area contributed by atoms with E-state index in [0.29, 0.717) is 15.1 Å². The van der Waals surface area contributed by atoms with E-state index in [-0.39, 0.29) is 12.4 Å². The second-order valence-corrected chi connectivity index (χ2v) is 6.61. The molecule has 0 unspecified atom stereocenters. The molecule has 2 nitrogen and oxygen atoms in total. The van der Waals surface area contributed by atoms with Gasteiger partial charge in [-0.1, -0.05) is 37.3 Å². The van der Waals surface area contributed by atoms with Gasteiger partial charge in [-0.2, -0.15) is 0 Å². The summed E-state index contributed by atoms with van der Waals surface area (Å²) in [5.74, 6) is 0.688. The third-order valence-electron chi connectivity index (χ3n) is 3.41. The Bertz CT molecular complexity index is 381. The highest BCUT2D eigenvalue weighted by molar-refractivity contribution is 7.18. The molecule has 1 fully saturated rings. The fraction of sp³-hybridized carbons (Fsp3) is 0.643. The second kappa shape index (κ2) is 7.27. The first-order valence-electron chi connectivity index (χ1n) is 6.62. The maximum atomic E-state index is 11.8. The van der Waals surface area contributed by atoms with Crippen LogP contribution < -0.4 is 0 Å². The predicted octanol–water partition coefficient (Wildman–Crippen LogP) is 4.57. The van der Waals surface area contributed by atoms with Crippen LogP contribution >= 0.6 is 22.9 Å². The van der Waals surface area contributed by atoms with Gasteiger partial charge in [-0.3, -0.25) is 4.79 Å². The average Bonchev–Trinajstić information content (AvgIpc) is 2.63. The number of hydrogen-bond acceptors (Lipinski definition) is 3. The van der Waals surface area contributed by atoms with Gasteiger partial charge in [0.1, 0.15) is 6.61 Å². The molecule has 100 valence electrons. The standard InChI is InChI=1S/C14H19ClO2S/c15-14-8-7-13(18-14)12(16)10-17-9-11-5-3-1-2-4-6-11/h7-8,11H,1-6,9-10H2. The van der Waals surface area contributed by atoms with Crippen molar-refractivity contribution in [1.29, 1.82) is 0 Å². The fourth-order valence-electron chi connectivity index (χ4n) is 2.38. The number of carbonyl (C=O) groups is 1. The van der Waals surface area contributed by atoms with E-state index in [4.69, 9.17) is 16.3 Å². The number of Topliss-reactive ketones (excluding diaryl/α,β-unsaturated/α-hetero) is 1. The van der Waals surface area contributed by atoms with E-state index in [9.17, 15) is 4.79 Å². The third kappa shape index (κ3) is 4.38. The topological polar surface area (TPSA) is 26.3 Å². The summed E-state index contributed by atoms with van der Waals surface area (Å²) in [4.78, 5) is 12.5. The summed E-state index contributed by atoms with van der Waals surface area (Å²) in [6.07, 6.45) is 7.81. The van der Waals surface area contributed by atoms with E-state index in [0.717, 1.165) is 6.61 Å². The Balaban J connectivity index is 1.69. The van der Waals surface area contributed by atoms with Gasteiger partial charge in [0, 0.05) is 0 Å². The van der Waals surface area contributed by atoms with Crippen LogP contribution in [0.15, 0.2) is 12.1 Å². The SMILES string of the molecule is O=C(COCC1CCCCCC1)c1ccc(Cl)s1. The van der Waals surface area contributed by atoms with Crippen molar-refractivity contribution in [2.75, 3.05) is 13.2 Å². The molecule has 1 saturated carbocycles. The molecular formula is C14H19ClO2S. The van der Waals surface area contributed by atoms with Crippen LogP contribution in [0.2, 0.25) is 4.34 Å². The zero-order valence-electron chi connectivity index (χ0n) is 10.5. The molecule has 1 aliphatic carbocycles. The van der Waals surface area contributed by atoms with Gasteiger partial charge >= 0.3 is 0 Å². The molecule has 0 radical (unpaired) electrons. The Kier molecular flexibility index (Phi) is 5.67. The van der Waals surface area contributed by atoms with Crippen LogP contribution in [-0.4, -0.2) is 19.0 Å². The number of ether oxygens (including phenoxy) is 1. The Hall–Kier alpha value is -0.380. The van der Waals surface area contributed by atoms with Crippen molar-refractivity contribution in [1.82, 2.24) is 0 Å². The molecule has 0 aromatic carbocycles. The first-order valence-corrected chi connectivity index (χ1v) is 7.81. The van der Waals surface area contributed by atoms with Crippen molar-refractivity contribution >= 4 is 28.7 Å². The third-order valence-corrected chi connectivity index (χ3v) is 4.68. The van der Waals surface area contributed by atoms with Gasteiger partial charge in [0.2, 0.25) is 0 Å². The summed E-state index contributed by atoms with van der Waals surface area (Å²) in [7, 11) is 0.